The number of hydrogen-bond donors (Lipinski definition) is 1. The number of carbonyl (C=O) groups is 1. The van der Waals surface area contributed by atoms with Gasteiger partial charge in [-0.05, 0) is 57.4 Å². The van der Waals surface area contributed by atoms with Crippen LogP contribution in [0.3, 0.4) is 0 Å². The van der Waals surface area contributed by atoms with Crippen LogP contribution in [0.15, 0.2) is 77.3 Å². The van der Waals surface area contributed by atoms with Crippen LogP contribution in [-0.2, 0) is 0 Å². The summed E-state index contributed by atoms with van der Waals surface area (Å²) < 4.78 is 19.2. The Morgan fingerprint density at radius 2 is 1.65 bits per heavy atom. The zero-order chi connectivity index (χ0) is 18.5. The Morgan fingerprint density at radius 1 is 1.00 bits per heavy atom. The summed E-state index contributed by atoms with van der Waals surface area (Å²) in [4.78, 5) is 12.9. The van der Waals surface area contributed by atoms with E-state index in [-0.39, 0.29) is 11.7 Å². The van der Waals surface area contributed by atoms with Gasteiger partial charge in [0.2, 0.25) is 0 Å². The van der Waals surface area contributed by atoms with Crippen LogP contribution in [0.5, 0.6) is 5.75 Å². The normalized spacial score (nSPS) is 11.7. The first-order chi connectivity index (χ1) is 12.6. The minimum absolute atomic E-state index is 0.256. The molecule has 1 N–H and O–H groups in total. The maximum Gasteiger partial charge on any atom is 0.253 e. The summed E-state index contributed by atoms with van der Waals surface area (Å²) in [6.45, 7) is 0. The fraction of sp³-hybridized carbons (Fsp3) is 0.0952. The summed E-state index contributed by atoms with van der Waals surface area (Å²) in [7, 11) is 1.55. The highest BCUT2D eigenvalue weighted by Gasteiger charge is 2.19. The molecule has 0 spiro atoms. The molecule has 0 radical (unpaired) electrons. The summed E-state index contributed by atoms with van der Waals surface area (Å²) >= 11 is 3.41. The van der Waals surface area contributed by atoms with E-state index in [9.17, 15) is 9.18 Å². The molecule has 0 heterocycles. The lowest BCUT2D eigenvalue weighted by Crippen LogP contribution is -2.29. The van der Waals surface area contributed by atoms with Crippen LogP contribution in [0.1, 0.15) is 27.5 Å². The number of halogens is 2. The van der Waals surface area contributed by atoms with Crippen LogP contribution in [0, 0.1) is 5.82 Å². The smallest absolute Gasteiger partial charge is 0.253 e. The van der Waals surface area contributed by atoms with E-state index in [4.69, 9.17) is 4.74 Å². The fourth-order valence-corrected chi connectivity index (χ4v) is 3.10. The van der Waals surface area contributed by atoms with Crippen LogP contribution < -0.4 is 10.1 Å². The quantitative estimate of drug-likeness (QED) is 0.630. The highest BCUT2D eigenvalue weighted by Crippen LogP contribution is 2.26. The highest BCUT2D eigenvalue weighted by atomic mass is 79.9. The molecule has 0 aromatic heterocycles. The molecule has 3 aromatic rings. The third-order valence-corrected chi connectivity index (χ3v) is 4.72. The molecule has 0 aliphatic carbocycles. The van der Waals surface area contributed by atoms with Crippen molar-refractivity contribution in [2.24, 2.45) is 0 Å². The molecule has 132 valence electrons. The molecule has 26 heavy (non-hydrogen) atoms. The molecular formula is C21H17BrFNO2. The summed E-state index contributed by atoms with van der Waals surface area (Å²) in [6, 6.07) is 20.5. The second-order valence-corrected chi connectivity index (χ2v) is 6.57. The van der Waals surface area contributed by atoms with E-state index in [2.05, 4.69) is 21.2 Å². The molecule has 0 aliphatic rings. The van der Waals surface area contributed by atoms with Crippen LogP contribution in [-0.4, -0.2) is 13.0 Å². The first-order valence-corrected chi connectivity index (χ1v) is 8.82. The lowest BCUT2D eigenvalue weighted by molar-refractivity contribution is 0.0942. The SMILES string of the molecule is COc1ccc(Br)c(C(=O)NC(c2ccccc2)c2ccc(F)cc2)c1. The van der Waals surface area contributed by atoms with E-state index >= 15 is 0 Å². The topological polar surface area (TPSA) is 38.3 Å². The fourth-order valence-electron chi connectivity index (χ4n) is 2.67. The average molecular weight is 414 g/mol. The number of amides is 1. The third kappa shape index (κ3) is 4.11. The Labute approximate surface area is 159 Å². The van der Waals surface area contributed by atoms with Crippen molar-refractivity contribution in [3.05, 3.63) is 99.8 Å². The van der Waals surface area contributed by atoms with Gasteiger partial charge < -0.3 is 10.1 Å². The van der Waals surface area contributed by atoms with Crippen molar-refractivity contribution in [3.8, 4) is 5.75 Å². The van der Waals surface area contributed by atoms with Crippen molar-refractivity contribution in [2.45, 2.75) is 6.04 Å². The average Bonchev–Trinajstić information content (AvgIpc) is 2.68. The standard InChI is InChI=1S/C21H17BrFNO2/c1-26-17-11-12-19(22)18(13-17)21(25)24-20(14-5-3-2-4-6-14)15-7-9-16(23)10-8-15/h2-13,20H,1H3,(H,24,25). The van der Waals surface area contributed by atoms with E-state index < -0.39 is 6.04 Å². The Bertz CT molecular complexity index is 898. The van der Waals surface area contributed by atoms with Crippen LogP contribution in [0.2, 0.25) is 0 Å². The van der Waals surface area contributed by atoms with E-state index in [1.165, 1.54) is 12.1 Å². The van der Waals surface area contributed by atoms with Crippen molar-refractivity contribution in [3.63, 3.8) is 0 Å². The molecule has 0 fully saturated rings. The van der Waals surface area contributed by atoms with Gasteiger partial charge in [-0.25, -0.2) is 4.39 Å². The molecule has 5 heteroatoms. The van der Waals surface area contributed by atoms with Gasteiger partial charge in [0.15, 0.2) is 0 Å². The molecule has 3 nitrogen and oxygen atoms in total. The number of nitrogens with one attached hydrogen (secondary N) is 1. The van der Waals surface area contributed by atoms with Crippen molar-refractivity contribution in [2.75, 3.05) is 7.11 Å². The third-order valence-electron chi connectivity index (χ3n) is 4.03. The molecule has 0 saturated heterocycles. The van der Waals surface area contributed by atoms with Gasteiger partial charge in [-0.3, -0.25) is 4.79 Å². The molecular weight excluding hydrogens is 397 g/mol. The monoisotopic (exact) mass is 413 g/mol. The number of carbonyl (C=O) groups excluding carboxylic acids is 1. The Morgan fingerprint density at radius 3 is 2.31 bits per heavy atom. The van der Waals surface area contributed by atoms with Crippen LogP contribution in [0.25, 0.3) is 0 Å². The number of hydrogen-bond acceptors (Lipinski definition) is 2. The first-order valence-electron chi connectivity index (χ1n) is 8.03. The van der Waals surface area contributed by atoms with Gasteiger partial charge in [-0.1, -0.05) is 42.5 Å². The summed E-state index contributed by atoms with van der Waals surface area (Å²) in [6.07, 6.45) is 0. The predicted molar refractivity (Wildman–Crippen MR) is 103 cm³/mol. The Balaban J connectivity index is 1.96. The summed E-state index contributed by atoms with van der Waals surface area (Å²) in [5.41, 5.74) is 2.17. The highest BCUT2D eigenvalue weighted by molar-refractivity contribution is 9.10. The maximum atomic E-state index is 13.3. The maximum absolute atomic E-state index is 13.3. The minimum Gasteiger partial charge on any atom is -0.497 e. The van der Waals surface area contributed by atoms with Gasteiger partial charge in [-0.2, -0.15) is 0 Å². The van der Waals surface area contributed by atoms with Gasteiger partial charge in [-0.15, -0.1) is 0 Å². The Kier molecular flexibility index (Phi) is 5.68. The van der Waals surface area contributed by atoms with E-state index in [0.717, 1.165) is 11.1 Å². The molecule has 0 aliphatic heterocycles. The van der Waals surface area contributed by atoms with Gasteiger partial charge in [0, 0.05) is 4.47 Å². The van der Waals surface area contributed by atoms with Crippen molar-refractivity contribution >= 4 is 21.8 Å². The molecule has 0 bridgehead atoms. The predicted octanol–water partition coefficient (Wildman–Crippen LogP) is 5.12. The molecule has 3 rings (SSSR count). The number of rotatable bonds is 5. The van der Waals surface area contributed by atoms with Crippen molar-refractivity contribution < 1.29 is 13.9 Å². The molecule has 1 amide bonds. The van der Waals surface area contributed by atoms with E-state index in [1.54, 1.807) is 37.4 Å². The zero-order valence-corrected chi connectivity index (χ0v) is 15.7. The van der Waals surface area contributed by atoms with Crippen molar-refractivity contribution in [1.29, 1.82) is 0 Å². The molecule has 0 saturated carbocycles. The van der Waals surface area contributed by atoms with Gasteiger partial charge in [0.05, 0.1) is 18.7 Å². The molecule has 3 aromatic carbocycles. The summed E-state index contributed by atoms with van der Waals surface area (Å²) in [5.74, 6) is 0.0211. The van der Waals surface area contributed by atoms with E-state index in [1.807, 2.05) is 30.3 Å². The van der Waals surface area contributed by atoms with Gasteiger partial charge in [0.1, 0.15) is 11.6 Å². The van der Waals surface area contributed by atoms with E-state index in [0.29, 0.717) is 15.8 Å². The Hall–Kier alpha value is -2.66. The lowest BCUT2D eigenvalue weighted by Gasteiger charge is -2.20. The first kappa shape index (κ1) is 18.1. The van der Waals surface area contributed by atoms with Crippen LogP contribution >= 0.6 is 15.9 Å². The minimum atomic E-state index is -0.401. The van der Waals surface area contributed by atoms with Crippen molar-refractivity contribution in [1.82, 2.24) is 5.32 Å². The van der Waals surface area contributed by atoms with Crippen LogP contribution in [0.4, 0.5) is 4.39 Å². The largest absolute Gasteiger partial charge is 0.497 e. The second-order valence-electron chi connectivity index (χ2n) is 5.71. The van der Waals surface area contributed by atoms with Gasteiger partial charge >= 0.3 is 0 Å². The lowest BCUT2D eigenvalue weighted by atomic mass is 9.98. The number of benzene rings is 3. The zero-order valence-electron chi connectivity index (χ0n) is 14.1. The number of ether oxygens (including phenoxy) is 1. The molecule has 1 atom stereocenters. The summed E-state index contributed by atoms with van der Waals surface area (Å²) in [5, 5.41) is 3.03. The molecule has 1 unspecified atom stereocenters. The number of methoxy groups -OCH3 is 1. The van der Waals surface area contributed by atoms with Gasteiger partial charge in [0.25, 0.3) is 5.91 Å². The second kappa shape index (κ2) is 8.15.